The molecule has 2 rings (SSSR count). The molecule has 2 N–H and O–H groups in total. The summed E-state index contributed by atoms with van der Waals surface area (Å²) in [5.41, 5.74) is 1.30. The second-order valence-corrected chi connectivity index (χ2v) is 5.61. The number of carbonyl (C=O) groups is 1. The lowest BCUT2D eigenvalue weighted by Gasteiger charge is -2.24. The molecule has 1 aliphatic carbocycles. The molecular formula is C17H25NO5. The normalized spacial score (nSPS) is 14.6. The van der Waals surface area contributed by atoms with Gasteiger partial charge in [-0.25, -0.2) is 4.79 Å². The van der Waals surface area contributed by atoms with Crippen LogP contribution < -0.4 is 19.5 Å². The number of rotatable bonds is 7. The van der Waals surface area contributed by atoms with Crippen molar-refractivity contribution in [1.82, 2.24) is 0 Å². The molecule has 0 atom stereocenters. The Bertz CT molecular complexity index is 579. The van der Waals surface area contributed by atoms with E-state index in [1.165, 1.54) is 21.3 Å². The van der Waals surface area contributed by atoms with Crippen molar-refractivity contribution in [2.75, 3.05) is 26.6 Å². The highest BCUT2D eigenvalue weighted by Gasteiger charge is 2.30. The number of benzene rings is 1. The van der Waals surface area contributed by atoms with E-state index in [1.807, 2.05) is 6.92 Å². The van der Waals surface area contributed by atoms with E-state index in [-0.39, 0.29) is 11.6 Å². The molecule has 6 heteroatoms. The Hall–Kier alpha value is -2.11. The lowest BCUT2D eigenvalue weighted by molar-refractivity contribution is 0.0695. The van der Waals surface area contributed by atoms with Crippen LogP contribution in [0.25, 0.3) is 0 Å². The average Bonchev–Trinajstić information content (AvgIpc) is 3.05. The highest BCUT2D eigenvalue weighted by atomic mass is 16.5. The Kier molecular flexibility index (Phi) is 5.58. The molecule has 0 radical (unpaired) electrons. The number of anilines is 1. The number of ether oxygens (including phenoxy) is 3. The molecule has 0 aromatic heterocycles. The van der Waals surface area contributed by atoms with Gasteiger partial charge >= 0.3 is 5.97 Å². The summed E-state index contributed by atoms with van der Waals surface area (Å²) in [5, 5.41) is 13.1. The van der Waals surface area contributed by atoms with Crippen molar-refractivity contribution in [3.05, 3.63) is 11.1 Å². The van der Waals surface area contributed by atoms with Gasteiger partial charge in [0.15, 0.2) is 11.5 Å². The van der Waals surface area contributed by atoms with Gasteiger partial charge in [-0.1, -0.05) is 19.8 Å². The van der Waals surface area contributed by atoms with Crippen molar-refractivity contribution in [3.8, 4) is 17.2 Å². The molecular weight excluding hydrogens is 298 g/mol. The molecule has 128 valence electrons. The number of hydrogen-bond donors (Lipinski definition) is 2. The van der Waals surface area contributed by atoms with Crippen LogP contribution >= 0.6 is 0 Å². The third kappa shape index (κ3) is 3.16. The van der Waals surface area contributed by atoms with Gasteiger partial charge in [0, 0.05) is 11.6 Å². The fraction of sp³-hybridized carbons (Fsp3) is 0.588. The second-order valence-electron chi connectivity index (χ2n) is 5.61. The standard InChI is InChI=1S/C17H25NO5/c1-5-11-12(17(19)20)13(18-10-8-6-7-9-10)15(22-3)16(23-4)14(11)21-2/h10,18H,5-9H2,1-4H3,(H,19,20). The maximum atomic E-state index is 11.9. The van der Waals surface area contributed by atoms with Gasteiger partial charge in [-0.2, -0.15) is 0 Å². The van der Waals surface area contributed by atoms with Gasteiger partial charge in [0.05, 0.1) is 32.6 Å². The predicted octanol–water partition coefficient (Wildman–Crippen LogP) is 3.33. The number of carboxylic acids is 1. The monoisotopic (exact) mass is 323 g/mol. The van der Waals surface area contributed by atoms with E-state index in [0.717, 1.165) is 25.7 Å². The molecule has 0 bridgehead atoms. The fourth-order valence-electron chi connectivity index (χ4n) is 3.31. The predicted molar refractivity (Wildman–Crippen MR) is 88.3 cm³/mol. The molecule has 1 aromatic carbocycles. The maximum absolute atomic E-state index is 11.9. The van der Waals surface area contributed by atoms with Crippen LogP contribution in [0.1, 0.15) is 48.5 Å². The van der Waals surface area contributed by atoms with Crippen molar-refractivity contribution in [1.29, 1.82) is 0 Å². The number of carboxylic acid groups (broad SMARTS) is 1. The van der Waals surface area contributed by atoms with Crippen LogP contribution in [0.5, 0.6) is 17.2 Å². The van der Waals surface area contributed by atoms with Crippen LogP contribution in [0.2, 0.25) is 0 Å². The van der Waals surface area contributed by atoms with Crippen LogP contribution in [-0.2, 0) is 6.42 Å². The van der Waals surface area contributed by atoms with E-state index >= 15 is 0 Å². The van der Waals surface area contributed by atoms with E-state index in [2.05, 4.69) is 5.32 Å². The minimum atomic E-state index is -0.999. The van der Waals surface area contributed by atoms with E-state index in [9.17, 15) is 9.90 Å². The van der Waals surface area contributed by atoms with Crippen molar-refractivity contribution in [2.45, 2.75) is 45.1 Å². The highest BCUT2D eigenvalue weighted by Crippen LogP contribution is 2.49. The Morgan fingerprint density at radius 1 is 1.09 bits per heavy atom. The van der Waals surface area contributed by atoms with Gasteiger partial charge in [-0.15, -0.1) is 0 Å². The molecule has 1 aliphatic rings. The summed E-state index contributed by atoms with van der Waals surface area (Å²) < 4.78 is 16.4. The van der Waals surface area contributed by atoms with Crippen molar-refractivity contribution in [3.63, 3.8) is 0 Å². The van der Waals surface area contributed by atoms with Crippen molar-refractivity contribution < 1.29 is 24.1 Å². The van der Waals surface area contributed by atoms with Gasteiger partial charge in [0.1, 0.15) is 0 Å². The average molecular weight is 323 g/mol. The number of aromatic carboxylic acids is 1. The molecule has 1 fully saturated rings. The Labute approximate surface area is 136 Å². The first-order valence-corrected chi connectivity index (χ1v) is 7.93. The van der Waals surface area contributed by atoms with Crippen LogP contribution in [0.15, 0.2) is 0 Å². The quantitative estimate of drug-likeness (QED) is 0.801. The Morgan fingerprint density at radius 2 is 1.65 bits per heavy atom. The molecule has 0 amide bonds. The van der Waals surface area contributed by atoms with Crippen molar-refractivity contribution in [2.24, 2.45) is 0 Å². The van der Waals surface area contributed by atoms with Gasteiger partial charge < -0.3 is 24.6 Å². The smallest absolute Gasteiger partial charge is 0.338 e. The first-order chi connectivity index (χ1) is 11.1. The topological polar surface area (TPSA) is 77.0 Å². The van der Waals surface area contributed by atoms with Crippen LogP contribution in [0.3, 0.4) is 0 Å². The third-order valence-corrected chi connectivity index (χ3v) is 4.35. The molecule has 1 aromatic rings. The van der Waals surface area contributed by atoms with Gasteiger partial charge in [-0.3, -0.25) is 0 Å². The Morgan fingerprint density at radius 3 is 2.09 bits per heavy atom. The number of hydrogen-bond acceptors (Lipinski definition) is 5. The van der Waals surface area contributed by atoms with E-state index in [4.69, 9.17) is 14.2 Å². The zero-order chi connectivity index (χ0) is 17.0. The summed E-state index contributed by atoms with van der Waals surface area (Å²) in [6.45, 7) is 1.90. The van der Waals surface area contributed by atoms with Crippen LogP contribution in [-0.4, -0.2) is 38.4 Å². The zero-order valence-electron chi connectivity index (χ0n) is 14.2. The second kappa shape index (κ2) is 7.44. The first-order valence-electron chi connectivity index (χ1n) is 7.93. The number of methoxy groups -OCH3 is 3. The summed E-state index contributed by atoms with van der Waals surface area (Å²) >= 11 is 0. The maximum Gasteiger partial charge on any atom is 0.338 e. The zero-order valence-corrected chi connectivity index (χ0v) is 14.2. The fourth-order valence-corrected chi connectivity index (χ4v) is 3.31. The molecule has 0 aliphatic heterocycles. The van der Waals surface area contributed by atoms with Crippen LogP contribution in [0.4, 0.5) is 5.69 Å². The lowest BCUT2D eigenvalue weighted by atomic mass is 9.99. The Balaban J connectivity index is 2.70. The summed E-state index contributed by atoms with van der Waals surface area (Å²) in [5.74, 6) is 0.228. The van der Waals surface area contributed by atoms with Gasteiger partial charge in [0.2, 0.25) is 5.75 Å². The summed E-state index contributed by atoms with van der Waals surface area (Å²) in [7, 11) is 4.54. The number of nitrogens with one attached hydrogen (secondary N) is 1. The van der Waals surface area contributed by atoms with Gasteiger partial charge in [-0.05, 0) is 19.3 Å². The highest BCUT2D eigenvalue weighted by molar-refractivity contribution is 6.00. The molecule has 6 nitrogen and oxygen atoms in total. The largest absolute Gasteiger partial charge is 0.492 e. The summed E-state index contributed by atoms with van der Waals surface area (Å²) in [6.07, 6.45) is 4.87. The minimum Gasteiger partial charge on any atom is -0.492 e. The lowest BCUT2D eigenvalue weighted by Crippen LogP contribution is -2.20. The summed E-state index contributed by atoms with van der Waals surface area (Å²) in [4.78, 5) is 11.9. The van der Waals surface area contributed by atoms with Crippen molar-refractivity contribution >= 4 is 11.7 Å². The van der Waals surface area contributed by atoms with E-state index in [0.29, 0.717) is 34.9 Å². The third-order valence-electron chi connectivity index (χ3n) is 4.35. The van der Waals surface area contributed by atoms with E-state index < -0.39 is 5.97 Å². The summed E-state index contributed by atoms with van der Waals surface area (Å²) in [6, 6.07) is 0.254. The molecule has 0 heterocycles. The molecule has 0 unspecified atom stereocenters. The van der Waals surface area contributed by atoms with Gasteiger partial charge in [0.25, 0.3) is 0 Å². The molecule has 23 heavy (non-hydrogen) atoms. The molecule has 1 saturated carbocycles. The SMILES string of the molecule is CCc1c(OC)c(OC)c(OC)c(NC2CCCC2)c1C(=O)O. The van der Waals surface area contributed by atoms with E-state index in [1.54, 1.807) is 0 Å². The van der Waals surface area contributed by atoms with Crippen LogP contribution in [0, 0.1) is 0 Å². The first kappa shape index (κ1) is 17.2. The molecule has 0 saturated heterocycles. The molecule has 0 spiro atoms. The minimum absolute atomic E-state index is 0.203.